The quantitative estimate of drug-likeness (QED) is 0.346. The van der Waals surface area contributed by atoms with E-state index in [1.165, 1.54) is 0 Å². The number of hydrogen-bond donors (Lipinski definition) is 1. The van der Waals surface area contributed by atoms with Crippen molar-refractivity contribution in [2.45, 2.75) is 18.9 Å². The zero-order valence-corrected chi connectivity index (χ0v) is 19.8. The van der Waals surface area contributed by atoms with Crippen LogP contribution >= 0.6 is 0 Å². The number of nitrogens with zero attached hydrogens (tertiary/aromatic N) is 1. The standard InChI is InChI=1S/C31H26N2O3/c34-29(19-20-33-30(35)26-13-7-8-14-27(26)31(33)36)32-28(21-22-9-3-1-4-10-22)25-17-15-24(16-18-25)23-11-5-2-6-12-23/h1-18,28H,19-21H2,(H,32,34)/t28-/m1/s1. The highest BCUT2D eigenvalue weighted by molar-refractivity contribution is 6.21. The summed E-state index contributed by atoms with van der Waals surface area (Å²) in [5.74, 6) is -0.902. The molecule has 0 saturated heterocycles. The van der Waals surface area contributed by atoms with E-state index < -0.39 is 0 Å². The molecule has 1 aliphatic heterocycles. The third-order valence-corrected chi connectivity index (χ3v) is 6.48. The van der Waals surface area contributed by atoms with Gasteiger partial charge in [-0.2, -0.15) is 0 Å². The van der Waals surface area contributed by atoms with Crippen molar-refractivity contribution in [2.75, 3.05) is 6.54 Å². The van der Waals surface area contributed by atoms with E-state index in [-0.39, 0.29) is 36.7 Å². The van der Waals surface area contributed by atoms with Crippen molar-refractivity contribution in [2.24, 2.45) is 0 Å². The highest BCUT2D eigenvalue weighted by Gasteiger charge is 2.35. The molecular formula is C31H26N2O3. The van der Waals surface area contributed by atoms with Crippen molar-refractivity contribution in [3.63, 3.8) is 0 Å². The van der Waals surface area contributed by atoms with Crippen LogP contribution in [0.4, 0.5) is 0 Å². The molecule has 0 fully saturated rings. The van der Waals surface area contributed by atoms with Crippen LogP contribution in [0.25, 0.3) is 11.1 Å². The predicted molar refractivity (Wildman–Crippen MR) is 139 cm³/mol. The van der Waals surface area contributed by atoms with Crippen LogP contribution in [-0.4, -0.2) is 29.2 Å². The van der Waals surface area contributed by atoms with Gasteiger partial charge in [-0.25, -0.2) is 0 Å². The van der Waals surface area contributed by atoms with Crippen LogP contribution in [0, 0.1) is 0 Å². The minimum absolute atomic E-state index is 0.0405. The molecule has 5 nitrogen and oxygen atoms in total. The Bertz CT molecular complexity index is 1350. The lowest BCUT2D eigenvalue weighted by atomic mass is 9.96. The molecule has 4 aromatic carbocycles. The minimum Gasteiger partial charge on any atom is -0.349 e. The van der Waals surface area contributed by atoms with Gasteiger partial charge in [-0.05, 0) is 40.8 Å². The smallest absolute Gasteiger partial charge is 0.261 e. The van der Waals surface area contributed by atoms with E-state index in [2.05, 4.69) is 29.6 Å². The second kappa shape index (κ2) is 10.4. The van der Waals surface area contributed by atoms with Gasteiger partial charge in [-0.3, -0.25) is 19.3 Å². The van der Waals surface area contributed by atoms with Gasteiger partial charge in [0.1, 0.15) is 0 Å². The second-order valence-corrected chi connectivity index (χ2v) is 8.86. The molecule has 1 aliphatic rings. The monoisotopic (exact) mass is 474 g/mol. The largest absolute Gasteiger partial charge is 0.349 e. The normalized spacial score (nSPS) is 13.4. The topological polar surface area (TPSA) is 66.5 Å². The van der Waals surface area contributed by atoms with Gasteiger partial charge in [0.25, 0.3) is 11.8 Å². The number of amides is 3. The van der Waals surface area contributed by atoms with Crippen molar-refractivity contribution >= 4 is 17.7 Å². The summed E-state index contributed by atoms with van der Waals surface area (Å²) in [4.78, 5) is 39.4. The van der Waals surface area contributed by atoms with Crippen LogP contribution in [0.1, 0.15) is 44.3 Å². The van der Waals surface area contributed by atoms with Crippen molar-refractivity contribution in [1.82, 2.24) is 10.2 Å². The van der Waals surface area contributed by atoms with Gasteiger partial charge >= 0.3 is 0 Å². The summed E-state index contributed by atoms with van der Waals surface area (Å²) in [7, 11) is 0. The Balaban J connectivity index is 1.29. The van der Waals surface area contributed by atoms with Gasteiger partial charge in [-0.15, -0.1) is 0 Å². The van der Waals surface area contributed by atoms with Gasteiger partial charge < -0.3 is 5.32 Å². The van der Waals surface area contributed by atoms with Gasteiger partial charge in [0.15, 0.2) is 0 Å². The van der Waals surface area contributed by atoms with Crippen LogP contribution in [0.5, 0.6) is 0 Å². The molecule has 1 atom stereocenters. The van der Waals surface area contributed by atoms with Gasteiger partial charge in [0.2, 0.25) is 5.91 Å². The molecule has 5 heteroatoms. The Kier molecular flexibility index (Phi) is 6.72. The molecular weight excluding hydrogens is 448 g/mol. The minimum atomic E-state index is -0.347. The Hall–Kier alpha value is -4.51. The first-order valence-electron chi connectivity index (χ1n) is 12.0. The molecule has 5 rings (SSSR count). The number of rotatable bonds is 8. The zero-order chi connectivity index (χ0) is 24.9. The van der Waals surface area contributed by atoms with E-state index in [0.29, 0.717) is 17.5 Å². The molecule has 0 bridgehead atoms. The van der Waals surface area contributed by atoms with E-state index in [0.717, 1.165) is 27.2 Å². The molecule has 4 aromatic rings. The Morgan fingerprint density at radius 3 is 1.81 bits per heavy atom. The number of benzene rings is 4. The fraction of sp³-hybridized carbons (Fsp3) is 0.129. The SMILES string of the molecule is O=C(CCN1C(=O)c2ccccc2C1=O)N[C@H](Cc1ccccc1)c1ccc(-c2ccccc2)cc1. The number of carbonyl (C=O) groups is 3. The maximum Gasteiger partial charge on any atom is 0.261 e. The summed E-state index contributed by atoms with van der Waals surface area (Å²) in [6, 6.07) is 34.9. The number of fused-ring (bicyclic) bond motifs is 1. The molecule has 1 N–H and O–H groups in total. The first-order valence-corrected chi connectivity index (χ1v) is 12.0. The lowest BCUT2D eigenvalue weighted by Crippen LogP contribution is -2.36. The van der Waals surface area contributed by atoms with Crippen LogP contribution in [-0.2, 0) is 11.2 Å². The predicted octanol–water partition coefficient (Wildman–Crippen LogP) is 5.44. The molecule has 178 valence electrons. The van der Waals surface area contributed by atoms with E-state index in [9.17, 15) is 14.4 Å². The fourth-order valence-electron chi connectivity index (χ4n) is 4.56. The average Bonchev–Trinajstić information content (AvgIpc) is 3.17. The molecule has 0 unspecified atom stereocenters. The van der Waals surface area contributed by atoms with E-state index in [4.69, 9.17) is 0 Å². The molecule has 1 heterocycles. The van der Waals surface area contributed by atoms with Gasteiger partial charge in [0.05, 0.1) is 17.2 Å². The highest BCUT2D eigenvalue weighted by atomic mass is 16.2. The molecule has 0 saturated carbocycles. The number of nitrogens with one attached hydrogen (secondary N) is 1. The van der Waals surface area contributed by atoms with Crippen molar-refractivity contribution in [1.29, 1.82) is 0 Å². The van der Waals surface area contributed by atoms with E-state index in [1.807, 2.05) is 60.7 Å². The molecule has 0 aromatic heterocycles. The lowest BCUT2D eigenvalue weighted by molar-refractivity contribution is -0.121. The van der Waals surface area contributed by atoms with Crippen LogP contribution < -0.4 is 5.32 Å². The fourth-order valence-corrected chi connectivity index (χ4v) is 4.56. The maximum atomic E-state index is 13.0. The number of imide groups is 1. The third kappa shape index (κ3) is 4.96. The molecule has 36 heavy (non-hydrogen) atoms. The van der Waals surface area contributed by atoms with Crippen LogP contribution in [0.15, 0.2) is 109 Å². The highest BCUT2D eigenvalue weighted by Crippen LogP contribution is 2.25. The molecule has 3 amide bonds. The summed E-state index contributed by atoms with van der Waals surface area (Å²) < 4.78 is 0. The molecule has 0 aliphatic carbocycles. The van der Waals surface area contributed by atoms with E-state index in [1.54, 1.807) is 24.3 Å². The number of hydrogen-bond acceptors (Lipinski definition) is 3. The molecule has 0 spiro atoms. The first-order chi connectivity index (χ1) is 17.6. The van der Waals surface area contributed by atoms with Gasteiger partial charge in [0, 0.05) is 13.0 Å². The Morgan fingerprint density at radius 2 is 1.19 bits per heavy atom. The zero-order valence-electron chi connectivity index (χ0n) is 19.8. The molecule has 0 radical (unpaired) electrons. The third-order valence-electron chi connectivity index (χ3n) is 6.48. The number of carbonyl (C=O) groups excluding carboxylic acids is 3. The summed E-state index contributed by atoms with van der Waals surface area (Å²) in [6.07, 6.45) is 0.670. The maximum absolute atomic E-state index is 13.0. The van der Waals surface area contributed by atoms with Crippen molar-refractivity contribution in [3.8, 4) is 11.1 Å². The first kappa shape index (κ1) is 23.2. The summed E-state index contributed by atoms with van der Waals surface area (Å²) >= 11 is 0. The average molecular weight is 475 g/mol. The van der Waals surface area contributed by atoms with Crippen LogP contribution in [0.2, 0.25) is 0 Å². The van der Waals surface area contributed by atoms with Gasteiger partial charge in [-0.1, -0.05) is 97.1 Å². The Labute approximate surface area is 210 Å². The van der Waals surface area contributed by atoms with Crippen molar-refractivity contribution < 1.29 is 14.4 Å². The Morgan fingerprint density at radius 1 is 0.667 bits per heavy atom. The van der Waals surface area contributed by atoms with Crippen molar-refractivity contribution in [3.05, 3.63) is 131 Å². The summed E-state index contributed by atoms with van der Waals surface area (Å²) in [5, 5.41) is 3.13. The van der Waals surface area contributed by atoms with Crippen LogP contribution in [0.3, 0.4) is 0 Å². The van der Waals surface area contributed by atoms with E-state index >= 15 is 0 Å². The second-order valence-electron chi connectivity index (χ2n) is 8.86. The summed E-state index contributed by atoms with van der Waals surface area (Å²) in [5.41, 5.74) is 5.12. The lowest BCUT2D eigenvalue weighted by Gasteiger charge is -2.21. The summed E-state index contributed by atoms with van der Waals surface area (Å²) in [6.45, 7) is 0.0448.